The monoisotopic (exact) mass is 183 g/mol. The molecule has 70 valence electrons. The van der Waals surface area contributed by atoms with E-state index in [1.165, 1.54) is 19.1 Å². The third-order valence-electron chi connectivity index (χ3n) is 1.80. The van der Waals surface area contributed by atoms with Gasteiger partial charge in [-0.3, -0.25) is 10.1 Å². The quantitative estimate of drug-likeness (QED) is 0.531. The topological polar surface area (TPSA) is 43.1 Å². The minimum absolute atomic E-state index is 0.322. The second-order valence-corrected chi connectivity index (χ2v) is 2.96. The fourth-order valence-corrected chi connectivity index (χ4v) is 1.04. The molecule has 13 heavy (non-hydrogen) atoms. The van der Waals surface area contributed by atoms with Crippen molar-refractivity contribution in [2.45, 2.75) is 19.4 Å². The van der Waals surface area contributed by atoms with Gasteiger partial charge in [0.15, 0.2) is 0 Å². The van der Waals surface area contributed by atoms with Gasteiger partial charge >= 0.3 is 0 Å². The predicted octanol–water partition coefficient (Wildman–Crippen LogP) is 2.03. The standard InChI is InChI=1S/C9H10FNO2/c1-7(11(12)13)6-8-2-4-9(10)5-3-8/h2-5,7H,6H2,1H3. The Morgan fingerprint density at radius 2 is 2.00 bits per heavy atom. The van der Waals surface area contributed by atoms with Crippen LogP contribution in [0, 0.1) is 15.9 Å². The summed E-state index contributed by atoms with van der Waals surface area (Å²) in [6, 6.07) is 5.12. The normalized spacial score (nSPS) is 12.5. The maximum absolute atomic E-state index is 12.4. The summed E-state index contributed by atoms with van der Waals surface area (Å²) in [7, 11) is 0. The zero-order valence-corrected chi connectivity index (χ0v) is 7.24. The largest absolute Gasteiger partial charge is 0.264 e. The highest BCUT2D eigenvalue weighted by Crippen LogP contribution is 2.06. The van der Waals surface area contributed by atoms with Gasteiger partial charge < -0.3 is 0 Å². The van der Waals surface area contributed by atoms with Crippen LogP contribution in [-0.4, -0.2) is 11.0 Å². The van der Waals surface area contributed by atoms with Crippen molar-refractivity contribution in [2.24, 2.45) is 0 Å². The van der Waals surface area contributed by atoms with E-state index in [2.05, 4.69) is 0 Å². The van der Waals surface area contributed by atoms with Gasteiger partial charge in [0, 0.05) is 18.3 Å². The maximum atomic E-state index is 12.4. The van der Waals surface area contributed by atoms with Crippen molar-refractivity contribution >= 4 is 0 Å². The van der Waals surface area contributed by atoms with Crippen LogP contribution in [0.3, 0.4) is 0 Å². The summed E-state index contributed by atoms with van der Waals surface area (Å²) in [6.07, 6.45) is 0.341. The summed E-state index contributed by atoms with van der Waals surface area (Å²) >= 11 is 0. The average Bonchev–Trinajstić information content (AvgIpc) is 2.08. The highest BCUT2D eigenvalue weighted by molar-refractivity contribution is 5.16. The molecule has 1 unspecified atom stereocenters. The first-order valence-electron chi connectivity index (χ1n) is 3.97. The van der Waals surface area contributed by atoms with Crippen LogP contribution in [0.25, 0.3) is 0 Å². The lowest BCUT2D eigenvalue weighted by atomic mass is 10.1. The van der Waals surface area contributed by atoms with Gasteiger partial charge in [0.25, 0.3) is 0 Å². The van der Waals surface area contributed by atoms with E-state index >= 15 is 0 Å². The van der Waals surface area contributed by atoms with E-state index in [1.807, 2.05) is 0 Å². The van der Waals surface area contributed by atoms with E-state index in [-0.39, 0.29) is 10.7 Å². The Morgan fingerprint density at radius 1 is 1.46 bits per heavy atom. The third-order valence-corrected chi connectivity index (χ3v) is 1.80. The number of hydrogen-bond donors (Lipinski definition) is 0. The minimum atomic E-state index is -0.620. The zero-order chi connectivity index (χ0) is 9.84. The molecule has 0 N–H and O–H groups in total. The molecule has 0 heterocycles. The van der Waals surface area contributed by atoms with Gasteiger partial charge in [-0.25, -0.2) is 4.39 Å². The summed E-state index contributed by atoms with van der Waals surface area (Å²) in [4.78, 5) is 9.96. The molecule has 0 aromatic heterocycles. The van der Waals surface area contributed by atoms with E-state index < -0.39 is 6.04 Å². The molecule has 0 amide bonds. The van der Waals surface area contributed by atoms with E-state index in [9.17, 15) is 14.5 Å². The molecule has 1 atom stereocenters. The SMILES string of the molecule is CC(Cc1ccc(F)cc1)[N+](=O)[O-]. The minimum Gasteiger partial charge on any atom is -0.264 e. The van der Waals surface area contributed by atoms with Crippen molar-refractivity contribution in [1.82, 2.24) is 0 Å². The summed E-state index contributed by atoms with van der Waals surface area (Å²) < 4.78 is 12.4. The summed E-state index contributed by atoms with van der Waals surface area (Å²) in [5.74, 6) is -0.322. The second-order valence-electron chi connectivity index (χ2n) is 2.96. The molecule has 0 fully saturated rings. The Labute approximate surface area is 75.3 Å². The molecule has 0 saturated carbocycles. The molecule has 0 aliphatic heterocycles. The predicted molar refractivity (Wildman–Crippen MR) is 46.6 cm³/mol. The highest BCUT2D eigenvalue weighted by Gasteiger charge is 2.12. The van der Waals surface area contributed by atoms with Crippen molar-refractivity contribution in [3.05, 3.63) is 45.8 Å². The number of benzene rings is 1. The van der Waals surface area contributed by atoms with Gasteiger partial charge in [0.1, 0.15) is 5.82 Å². The zero-order valence-electron chi connectivity index (χ0n) is 7.24. The lowest BCUT2D eigenvalue weighted by molar-refractivity contribution is -0.517. The van der Waals surface area contributed by atoms with Crippen LogP contribution in [0.4, 0.5) is 4.39 Å². The van der Waals surface area contributed by atoms with Gasteiger partial charge in [-0.05, 0) is 17.7 Å². The van der Waals surface area contributed by atoms with E-state index in [0.717, 1.165) is 5.56 Å². The molecule has 4 heteroatoms. The van der Waals surface area contributed by atoms with Crippen molar-refractivity contribution in [3.8, 4) is 0 Å². The molecule has 0 spiro atoms. The Hall–Kier alpha value is -1.45. The lowest BCUT2D eigenvalue weighted by Gasteiger charge is -2.02. The van der Waals surface area contributed by atoms with Crippen LogP contribution in [0.15, 0.2) is 24.3 Å². The fraction of sp³-hybridized carbons (Fsp3) is 0.333. The van der Waals surface area contributed by atoms with Crippen LogP contribution in [0.1, 0.15) is 12.5 Å². The van der Waals surface area contributed by atoms with Gasteiger partial charge in [-0.15, -0.1) is 0 Å². The average molecular weight is 183 g/mol. The first-order chi connectivity index (χ1) is 6.09. The molecule has 0 saturated heterocycles. The lowest BCUT2D eigenvalue weighted by Crippen LogP contribution is -2.17. The molecule has 1 rings (SSSR count). The number of halogens is 1. The van der Waals surface area contributed by atoms with Crippen molar-refractivity contribution in [1.29, 1.82) is 0 Å². The second kappa shape index (κ2) is 3.98. The Morgan fingerprint density at radius 3 is 2.46 bits per heavy atom. The van der Waals surface area contributed by atoms with Gasteiger partial charge in [0.05, 0.1) is 0 Å². The van der Waals surface area contributed by atoms with Gasteiger partial charge in [-0.2, -0.15) is 0 Å². The van der Waals surface area contributed by atoms with Crippen LogP contribution < -0.4 is 0 Å². The molecular formula is C9H10FNO2. The van der Waals surface area contributed by atoms with Gasteiger partial charge in [0.2, 0.25) is 6.04 Å². The summed E-state index contributed by atoms with van der Waals surface area (Å²) in [5, 5.41) is 10.3. The van der Waals surface area contributed by atoms with Gasteiger partial charge in [-0.1, -0.05) is 12.1 Å². The molecule has 0 radical (unpaired) electrons. The van der Waals surface area contributed by atoms with Crippen LogP contribution in [0.2, 0.25) is 0 Å². The van der Waals surface area contributed by atoms with Crippen molar-refractivity contribution < 1.29 is 9.31 Å². The number of rotatable bonds is 3. The third kappa shape index (κ3) is 2.82. The molecular weight excluding hydrogens is 173 g/mol. The van der Waals surface area contributed by atoms with Crippen molar-refractivity contribution in [3.63, 3.8) is 0 Å². The van der Waals surface area contributed by atoms with E-state index in [0.29, 0.717) is 6.42 Å². The molecule has 0 bridgehead atoms. The number of hydrogen-bond acceptors (Lipinski definition) is 2. The summed E-state index contributed by atoms with van der Waals surface area (Å²) in [6.45, 7) is 1.53. The Kier molecular flexibility index (Phi) is 2.95. The molecule has 0 aliphatic carbocycles. The maximum Gasteiger partial charge on any atom is 0.214 e. The van der Waals surface area contributed by atoms with Crippen LogP contribution in [-0.2, 0) is 6.42 Å². The number of nitrogens with zero attached hydrogens (tertiary/aromatic N) is 1. The highest BCUT2D eigenvalue weighted by atomic mass is 19.1. The molecule has 0 aliphatic rings. The Bertz CT molecular complexity index is 297. The Balaban J connectivity index is 2.64. The van der Waals surface area contributed by atoms with Crippen LogP contribution >= 0.6 is 0 Å². The summed E-state index contributed by atoms with van der Waals surface area (Å²) in [5.41, 5.74) is 0.783. The van der Waals surface area contributed by atoms with Crippen molar-refractivity contribution in [2.75, 3.05) is 0 Å². The number of nitro groups is 1. The molecule has 1 aromatic carbocycles. The van der Waals surface area contributed by atoms with Crippen LogP contribution in [0.5, 0.6) is 0 Å². The van der Waals surface area contributed by atoms with E-state index in [4.69, 9.17) is 0 Å². The first kappa shape index (κ1) is 9.64. The first-order valence-corrected chi connectivity index (χ1v) is 3.97. The van der Waals surface area contributed by atoms with E-state index in [1.54, 1.807) is 12.1 Å². The fourth-order valence-electron chi connectivity index (χ4n) is 1.04. The molecule has 1 aromatic rings. The smallest absolute Gasteiger partial charge is 0.214 e. The molecule has 3 nitrogen and oxygen atoms in total.